The summed E-state index contributed by atoms with van der Waals surface area (Å²) in [6, 6.07) is 5.22. The summed E-state index contributed by atoms with van der Waals surface area (Å²) in [6.07, 6.45) is -0.534. The first-order valence-electron chi connectivity index (χ1n) is 5.92. The summed E-state index contributed by atoms with van der Waals surface area (Å²) in [5.41, 5.74) is 1.47. The van der Waals surface area contributed by atoms with Gasteiger partial charge in [0.25, 0.3) is 0 Å². The number of halogens is 1. The Kier molecular flexibility index (Phi) is 5.11. The Morgan fingerprint density at radius 3 is 2.37 bits per heavy atom. The molecule has 0 aromatic heterocycles. The Morgan fingerprint density at radius 2 is 1.89 bits per heavy atom. The van der Waals surface area contributed by atoms with Gasteiger partial charge in [0.15, 0.2) is 5.78 Å². The van der Waals surface area contributed by atoms with Crippen molar-refractivity contribution in [1.82, 2.24) is 0 Å². The molecule has 4 nitrogen and oxygen atoms in total. The summed E-state index contributed by atoms with van der Waals surface area (Å²) < 4.78 is 5.17. The minimum atomic E-state index is -0.555. The number of carbonyl (C=O) groups is 2. The van der Waals surface area contributed by atoms with Gasteiger partial charge in [-0.15, -0.1) is 0 Å². The Balaban J connectivity index is 2.91. The lowest BCUT2D eigenvalue weighted by Gasteiger charge is -2.20. The van der Waals surface area contributed by atoms with Crippen molar-refractivity contribution in [3.63, 3.8) is 0 Å². The Bertz CT molecular complexity index is 492. The van der Waals surface area contributed by atoms with Crippen molar-refractivity contribution in [3.8, 4) is 0 Å². The largest absolute Gasteiger partial charge is 0.444 e. The molecule has 0 aliphatic carbocycles. The van der Waals surface area contributed by atoms with Crippen LogP contribution in [0.25, 0.3) is 0 Å². The number of amides is 1. The van der Waals surface area contributed by atoms with E-state index in [0.717, 1.165) is 5.56 Å². The molecule has 104 valence electrons. The first kappa shape index (κ1) is 15.7. The Hall–Kier alpha value is -1.36. The molecular weight excluding hydrogens is 310 g/mol. The zero-order valence-electron chi connectivity index (χ0n) is 11.5. The van der Waals surface area contributed by atoms with Crippen molar-refractivity contribution >= 4 is 33.5 Å². The van der Waals surface area contributed by atoms with Crippen molar-refractivity contribution in [1.29, 1.82) is 0 Å². The predicted molar refractivity (Wildman–Crippen MR) is 78.9 cm³/mol. The highest BCUT2D eigenvalue weighted by molar-refractivity contribution is 9.08. The van der Waals surface area contributed by atoms with E-state index in [1.165, 1.54) is 6.92 Å². The summed E-state index contributed by atoms with van der Waals surface area (Å²) in [4.78, 5) is 23.1. The molecule has 1 rings (SSSR count). The highest BCUT2D eigenvalue weighted by Crippen LogP contribution is 2.19. The topological polar surface area (TPSA) is 55.4 Å². The highest BCUT2D eigenvalue weighted by Gasteiger charge is 2.16. The van der Waals surface area contributed by atoms with Gasteiger partial charge in [-0.3, -0.25) is 10.1 Å². The van der Waals surface area contributed by atoms with Crippen molar-refractivity contribution in [3.05, 3.63) is 29.3 Å². The average Bonchev–Trinajstić information content (AvgIpc) is 2.25. The van der Waals surface area contributed by atoms with Crippen LogP contribution in [0.2, 0.25) is 0 Å². The number of anilines is 1. The summed E-state index contributed by atoms with van der Waals surface area (Å²) in [5, 5.41) is 3.24. The monoisotopic (exact) mass is 327 g/mol. The highest BCUT2D eigenvalue weighted by atomic mass is 79.9. The molecule has 0 aliphatic heterocycles. The summed E-state index contributed by atoms with van der Waals surface area (Å²) in [7, 11) is 0. The number of alkyl halides is 1. The van der Waals surface area contributed by atoms with E-state index in [1.807, 2.05) is 0 Å². The van der Waals surface area contributed by atoms with Crippen LogP contribution in [0, 0.1) is 0 Å². The molecule has 0 fully saturated rings. The maximum Gasteiger partial charge on any atom is 0.412 e. The Labute approximate surface area is 121 Å². The second-order valence-electron chi connectivity index (χ2n) is 5.24. The number of rotatable bonds is 3. The molecule has 5 heteroatoms. The number of ether oxygens (including phenoxy) is 1. The third-order valence-corrected chi connectivity index (χ3v) is 2.85. The summed E-state index contributed by atoms with van der Waals surface area (Å²) >= 11 is 3.33. The van der Waals surface area contributed by atoms with Gasteiger partial charge in [0, 0.05) is 16.6 Å². The number of hydrogen-bond donors (Lipinski definition) is 1. The van der Waals surface area contributed by atoms with Gasteiger partial charge in [0.2, 0.25) is 0 Å². The predicted octanol–water partition coefficient (Wildman–Crippen LogP) is 4.13. The minimum absolute atomic E-state index is 0.0463. The summed E-state index contributed by atoms with van der Waals surface area (Å²) in [5.74, 6) is -0.0463. The number of ketones is 1. The quantitative estimate of drug-likeness (QED) is 0.670. The summed E-state index contributed by atoms with van der Waals surface area (Å²) in [6.45, 7) is 6.87. The third-order valence-electron chi connectivity index (χ3n) is 2.20. The third kappa shape index (κ3) is 5.42. The van der Waals surface area contributed by atoms with Crippen LogP contribution < -0.4 is 5.32 Å². The molecule has 0 atom stereocenters. The van der Waals surface area contributed by atoms with Gasteiger partial charge >= 0.3 is 6.09 Å². The van der Waals surface area contributed by atoms with Gasteiger partial charge in [0.05, 0.1) is 0 Å². The van der Waals surface area contributed by atoms with E-state index >= 15 is 0 Å². The van der Waals surface area contributed by atoms with Gasteiger partial charge in [-0.05, 0) is 51.5 Å². The molecule has 0 spiro atoms. The molecule has 1 aromatic rings. The van der Waals surface area contributed by atoms with E-state index in [-0.39, 0.29) is 5.78 Å². The van der Waals surface area contributed by atoms with Crippen LogP contribution >= 0.6 is 15.9 Å². The molecule has 1 amide bonds. The lowest BCUT2D eigenvalue weighted by Crippen LogP contribution is -2.27. The SMILES string of the molecule is CC(=O)c1cc(CBr)cc(NC(=O)OC(C)(C)C)c1. The molecule has 0 saturated carbocycles. The number of carbonyl (C=O) groups excluding carboxylic acids is 2. The van der Waals surface area contributed by atoms with Crippen LogP contribution in [0.5, 0.6) is 0 Å². The molecule has 0 radical (unpaired) electrons. The molecule has 1 N–H and O–H groups in total. The lowest BCUT2D eigenvalue weighted by molar-refractivity contribution is 0.0635. The van der Waals surface area contributed by atoms with Crippen LogP contribution in [0.3, 0.4) is 0 Å². The van der Waals surface area contributed by atoms with E-state index < -0.39 is 11.7 Å². The lowest BCUT2D eigenvalue weighted by atomic mass is 10.1. The first-order valence-corrected chi connectivity index (χ1v) is 7.04. The van der Waals surface area contributed by atoms with Crippen LogP contribution in [-0.2, 0) is 10.1 Å². The van der Waals surface area contributed by atoms with E-state index in [1.54, 1.807) is 39.0 Å². The number of nitrogens with one attached hydrogen (secondary N) is 1. The minimum Gasteiger partial charge on any atom is -0.444 e. The van der Waals surface area contributed by atoms with Gasteiger partial charge in [-0.2, -0.15) is 0 Å². The second kappa shape index (κ2) is 6.19. The normalized spacial score (nSPS) is 11.0. The fraction of sp³-hybridized carbons (Fsp3) is 0.429. The van der Waals surface area contributed by atoms with E-state index in [2.05, 4.69) is 21.2 Å². The molecule has 0 aliphatic rings. The van der Waals surface area contributed by atoms with Gasteiger partial charge in [0.1, 0.15) is 5.60 Å². The maximum absolute atomic E-state index is 11.7. The molecule has 1 aromatic carbocycles. The molecule has 0 bridgehead atoms. The van der Waals surface area contributed by atoms with E-state index in [0.29, 0.717) is 16.6 Å². The van der Waals surface area contributed by atoms with Gasteiger partial charge < -0.3 is 4.74 Å². The fourth-order valence-electron chi connectivity index (χ4n) is 1.47. The second-order valence-corrected chi connectivity index (χ2v) is 5.80. The maximum atomic E-state index is 11.7. The standard InChI is InChI=1S/C14H18BrNO3/c1-9(17)11-5-10(8-15)6-12(7-11)16-13(18)19-14(2,3)4/h5-7H,8H2,1-4H3,(H,16,18). The molecule has 19 heavy (non-hydrogen) atoms. The molecule has 0 saturated heterocycles. The van der Waals surface area contributed by atoms with Gasteiger partial charge in [-0.1, -0.05) is 15.9 Å². The van der Waals surface area contributed by atoms with Crippen molar-refractivity contribution < 1.29 is 14.3 Å². The van der Waals surface area contributed by atoms with Crippen molar-refractivity contribution in [2.45, 2.75) is 38.6 Å². The van der Waals surface area contributed by atoms with Crippen molar-refractivity contribution in [2.24, 2.45) is 0 Å². The van der Waals surface area contributed by atoms with E-state index in [4.69, 9.17) is 4.74 Å². The number of hydrogen-bond acceptors (Lipinski definition) is 3. The van der Waals surface area contributed by atoms with Crippen LogP contribution in [0.4, 0.5) is 10.5 Å². The molecule has 0 unspecified atom stereocenters. The van der Waals surface area contributed by atoms with Crippen LogP contribution in [-0.4, -0.2) is 17.5 Å². The molecular formula is C14H18BrNO3. The zero-order chi connectivity index (χ0) is 14.6. The zero-order valence-corrected chi connectivity index (χ0v) is 13.1. The Morgan fingerprint density at radius 1 is 1.26 bits per heavy atom. The molecule has 0 heterocycles. The van der Waals surface area contributed by atoms with Gasteiger partial charge in [-0.25, -0.2) is 4.79 Å². The van der Waals surface area contributed by atoms with Crippen LogP contribution in [0.1, 0.15) is 43.6 Å². The number of Topliss-reactive ketones (excluding diaryl/α,β-unsaturated/α-hetero) is 1. The van der Waals surface area contributed by atoms with E-state index in [9.17, 15) is 9.59 Å². The average molecular weight is 328 g/mol. The van der Waals surface area contributed by atoms with Crippen molar-refractivity contribution in [2.75, 3.05) is 5.32 Å². The number of benzene rings is 1. The smallest absolute Gasteiger partial charge is 0.412 e. The van der Waals surface area contributed by atoms with Crippen LogP contribution in [0.15, 0.2) is 18.2 Å². The first-order chi connectivity index (χ1) is 8.71. The fourth-order valence-corrected chi connectivity index (χ4v) is 1.79.